The van der Waals surface area contributed by atoms with Crippen LogP contribution in [0.2, 0.25) is 0 Å². The minimum atomic E-state index is 0.612. The van der Waals surface area contributed by atoms with E-state index in [0.717, 1.165) is 18.4 Å². The summed E-state index contributed by atoms with van der Waals surface area (Å²) in [7, 11) is 0. The highest BCUT2D eigenvalue weighted by molar-refractivity contribution is 4.77. The van der Waals surface area contributed by atoms with Gasteiger partial charge in [-0.05, 0) is 30.3 Å². The first-order chi connectivity index (χ1) is 6.24. The van der Waals surface area contributed by atoms with Crippen LogP contribution in [-0.2, 0) is 0 Å². The van der Waals surface area contributed by atoms with Crippen molar-refractivity contribution in [3.8, 4) is 0 Å². The van der Waals surface area contributed by atoms with Crippen molar-refractivity contribution in [3.63, 3.8) is 0 Å². The van der Waals surface area contributed by atoms with Crippen LogP contribution < -0.4 is 0 Å². The SMILES string of the molecule is CC(C)C1CCN(CCN=[N+]=[N-])C1. The van der Waals surface area contributed by atoms with Gasteiger partial charge in [-0.3, -0.25) is 0 Å². The Bertz CT molecular complexity index is 196. The lowest BCUT2D eigenvalue weighted by atomic mass is 9.95. The second-order valence-corrected chi connectivity index (χ2v) is 4.05. The number of likely N-dealkylation sites (tertiary alicyclic amines) is 1. The molecule has 1 heterocycles. The van der Waals surface area contributed by atoms with Crippen LogP contribution in [0.25, 0.3) is 10.4 Å². The van der Waals surface area contributed by atoms with E-state index in [1.807, 2.05) is 0 Å². The minimum Gasteiger partial charge on any atom is -0.303 e. The average Bonchev–Trinajstić information content (AvgIpc) is 2.53. The van der Waals surface area contributed by atoms with Gasteiger partial charge in [0.1, 0.15) is 0 Å². The molecular formula is C9H18N4. The van der Waals surface area contributed by atoms with Crippen molar-refractivity contribution in [2.45, 2.75) is 20.3 Å². The van der Waals surface area contributed by atoms with Gasteiger partial charge < -0.3 is 4.90 Å². The Balaban J connectivity index is 2.21. The van der Waals surface area contributed by atoms with Crippen molar-refractivity contribution in [2.75, 3.05) is 26.2 Å². The molecule has 4 nitrogen and oxygen atoms in total. The monoisotopic (exact) mass is 182 g/mol. The quantitative estimate of drug-likeness (QED) is 0.374. The third kappa shape index (κ3) is 3.25. The van der Waals surface area contributed by atoms with E-state index in [2.05, 4.69) is 28.8 Å². The molecule has 0 amide bonds. The second-order valence-electron chi connectivity index (χ2n) is 4.05. The molecule has 0 aromatic rings. The molecular weight excluding hydrogens is 164 g/mol. The number of nitrogens with zero attached hydrogens (tertiary/aromatic N) is 4. The molecule has 1 aliphatic heterocycles. The lowest BCUT2D eigenvalue weighted by Gasteiger charge is -2.16. The Hall–Kier alpha value is -0.730. The Labute approximate surface area is 79.5 Å². The summed E-state index contributed by atoms with van der Waals surface area (Å²) >= 11 is 0. The van der Waals surface area contributed by atoms with Crippen molar-refractivity contribution in [2.24, 2.45) is 17.0 Å². The summed E-state index contributed by atoms with van der Waals surface area (Å²) in [5, 5.41) is 3.54. The smallest absolute Gasteiger partial charge is 0.0385 e. The van der Waals surface area contributed by atoms with E-state index in [4.69, 9.17) is 5.53 Å². The maximum absolute atomic E-state index is 8.12. The third-order valence-electron chi connectivity index (χ3n) is 2.83. The largest absolute Gasteiger partial charge is 0.303 e. The molecule has 0 bridgehead atoms. The fourth-order valence-electron chi connectivity index (χ4n) is 1.84. The maximum atomic E-state index is 8.12. The van der Waals surface area contributed by atoms with Crippen molar-refractivity contribution >= 4 is 0 Å². The minimum absolute atomic E-state index is 0.612. The van der Waals surface area contributed by atoms with Gasteiger partial charge in [0.2, 0.25) is 0 Å². The summed E-state index contributed by atoms with van der Waals surface area (Å²) in [5.41, 5.74) is 8.12. The Kier molecular flexibility index (Phi) is 4.06. The molecule has 1 rings (SSSR count). The first kappa shape index (κ1) is 10.4. The molecule has 0 N–H and O–H groups in total. The molecule has 0 spiro atoms. The van der Waals surface area contributed by atoms with Crippen molar-refractivity contribution < 1.29 is 0 Å². The van der Waals surface area contributed by atoms with Gasteiger partial charge >= 0.3 is 0 Å². The normalized spacial score (nSPS) is 23.5. The van der Waals surface area contributed by atoms with Gasteiger partial charge in [0.25, 0.3) is 0 Å². The highest BCUT2D eigenvalue weighted by atomic mass is 15.2. The van der Waals surface area contributed by atoms with Crippen LogP contribution in [0.5, 0.6) is 0 Å². The van der Waals surface area contributed by atoms with E-state index in [-0.39, 0.29) is 0 Å². The van der Waals surface area contributed by atoms with E-state index in [9.17, 15) is 0 Å². The predicted octanol–water partition coefficient (Wildman–Crippen LogP) is 2.27. The molecule has 1 atom stereocenters. The van der Waals surface area contributed by atoms with Crippen LogP contribution in [-0.4, -0.2) is 31.1 Å². The molecule has 1 fully saturated rings. The molecule has 1 aliphatic rings. The van der Waals surface area contributed by atoms with Gasteiger partial charge in [-0.15, -0.1) is 0 Å². The van der Waals surface area contributed by atoms with E-state index in [0.29, 0.717) is 6.54 Å². The van der Waals surface area contributed by atoms with Crippen molar-refractivity contribution in [1.82, 2.24) is 4.90 Å². The second kappa shape index (κ2) is 5.10. The fraction of sp³-hybridized carbons (Fsp3) is 1.00. The Morgan fingerprint density at radius 2 is 2.38 bits per heavy atom. The van der Waals surface area contributed by atoms with Crippen LogP contribution in [0.3, 0.4) is 0 Å². The highest BCUT2D eigenvalue weighted by Crippen LogP contribution is 2.22. The molecule has 0 aromatic heterocycles. The summed E-state index contributed by atoms with van der Waals surface area (Å²) in [6, 6.07) is 0. The maximum Gasteiger partial charge on any atom is 0.0385 e. The topological polar surface area (TPSA) is 52.0 Å². The standard InChI is InChI=1S/C9H18N4/c1-8(2)9-3-5-13(7-9)6-4-11-12-10/h8-9H,3-7H2,1-2H3. The highest BCUT2D eigenvalue weighted by Gasteiger charge is 2.23. The fourth-order valence-corrected chi connectivity index (χ4v) is 1.84. The molecule has 0 aromatic carbocycles. The molecule has 0 radical (unpaired) electrons. The summed E-state index contributed by atoms with van der Waals surface area (Å²) < 4.78 is 0. The van der Waals surface area contributed by atoms with E-state index in [1.54, 1.807) is 0 Å². The van der Waals surface area contributed by atoms with Crippen LogP contribution in [0.4, 0.5) is 0 Å². The summed E-state index contributed by atoms with van der Waals surface area (Å²) in [4.78, 5) is 5.14. The van der Waals surface area contributed by atoms with E-state index >= 15 is 0 Å². The van der Waals surface area contributed by atoms with Gasteiger partial charge in [0, 0.05) is 24.5 Å². The van der Waals surface area contributed by atoms with Crippen LogP contribution in [0, 0.1) is 11.8 Å². The molecule has 4 heteroatoms. The summed E-state index contributed by atoms with van der Waals surface area (Å²) in [5.74, 6) is 1.62. The zero-order valence-electron chi connectivity index (χ0n) is 8.48. The first-order valence-corrected chi connectivity index (χ1v) is 4.97. The predicted molar refractivity (Wildman–Crippen MR) is 53.4 cm³/mol. The molecule has 0 saturated carbocycles. The molecule has 74 valence electrons. The van der Waals surface area contributed by atoms with Gasteiger partial charge in [-0.1, -0.05) is 19.0 Å². The van der Waals surface area contributed by atoms with Gasteiger partial charge in [0.15, 0.2) is 0 Å². The Morgan fingerprint density at radius 3 is 2.92 bits per heavy atom. The molecule has 1 saturated heterocycles. The third-order valence-corrected chi connectivity index (χ3v) is 2.83. The van der Waals surface area contributed by atoms with Crippen LogP contribution >= 0.6 is 0 Å². The number of azide groups is 1. The van der Waals surface area contributed by atoms with Gasteiger partial charge in [-0.25, -0.2) is 0 Å². The Morgan fingerprint density at radius 1 is 1.62 bits per heavy atom. The number of hydrogen-bond donors (Lipinski definition) is 0. The first-order valence-electron chi connectivity index (χ1n) is 4.97. The zero-order valence-corrected chi connectivity index (χ0v) is 8.48. The van der Waals surface area contributed by atoms with Gasteiger partial charge in [-0.2, -0.15) is 0 Å². The van der Waals surface area contributed by atoms with Crippen molar-refractivity contribution in [1.29, 1.82) is 0 Å². The lowest BCUT2D eigenvalue weighted by molar-refractivity contribution is 0.310. The van der Waals surface area contributed by atoms with E-state index in [1.165, 1.54) is 19.5 Å². The average molecular weight is 182 g/mol. The van der Waals surface area contributed by atoms with Gasteiger partial charge in [0.05, 0.1) is 0 Å². The van der Waals surface area contributed by atoms with Crippen LogP contribution in [0.1, 0.15) is 20.3 Å². The number of hydrogen-bond acceptors (Lipinski definition) is 2. The lowest BCUT2D eigenvalue weighted by Crippen LogP contribution is -2.24. The molecule has 0 aliphatic carbocycles. The molecule has 1 unspecified atom stereocenters. The summed E-state index contributed by atoms with van der Waals surface area (Å²) in [6.07, 6.45) is 1.30. The van der Waals surface area contributed by atoms with Crippen LogP contribution in [0.15, 0.2) is 5.11 Å². The molecule has 13 heavy (non-hydrogen) atoms. The van der Waals surface area contributed by atoms with Crippen molar-refractivity contribution in [3.05, 3.63) is 10.4 Å². The number of rotatable bonds is 4. The summed E-state index contributed by atoms with van der Waals surface area (Å²) in [6.45, 7) is 8.44. The zero-order chi connectivity index (χ0) is 9.68. The van der Waals surface area contributed by atoms with E-state index < -0.39 is 0 Å².